The summed E-state index contributed by atoms with van der Waals surface area (Å²) in [5.74, 6) is 0. The topological polar surface area (TPSA) is 12.0 Å². The fourth-order valence-electron chi connectivity index (χ4n) is 2.47. The van der Waals surface area contributed by atoms with Gasteiger partial charge in [-0.15, -0.1) is 0 Å². The van der Waals surface area contributed by atoms with Crippen LogP contribution in [0.25, 0.3) is 0 Å². The zero-order valence-corrected chi connectivity index (χ0v) is 13.2. The van der Waals surface area contributed by atoms with Gasteiger partial charge in [-0.1, -0.05) is 54.4 Å². The number of halogens is 1. The number of nitrogens with one attached hydrogen (secondary N) is 1. The fourth-order valence-corrected chi connectivity index (χ4v) is 2.65. The van der Waals surface area contributed by atoms with Crippen LogP contribution in [0.15, 0.2) is 42.5 Å². The van der Waals surface area contributed by atoms with Crippen molar-refractivity contribution in [2.45, 2.75) is 33.2 Å². The summed E-state index contributed by atoms with van der Waals surface area (Å²) in [6.07, 6.45) is 1.11. The Hall–Kier alpha value is -1.31. The largest absolute Gasteiger partial charge is 0.306 e. The first-order valence-electron chi connectivity index (χ1n) is 7.18. The molecule has 1 unspecified atom stereocenters. The lowest BCUT2D eigenvalue weighted by Crippen LogP contribution is -2.24. The number of hydrogen-bond donors (Lipinski definition) is 1. The van der Waals surface area contributed by atoms with Crippen LogP contribution < -0.4 is 5.32 Å². The summed E-state index contributed by atoms with van der Waals surface area (Å²) < 4.78 is 0. The molecule has 2 aromatic carbocycles. The van der Waals surface area contributed by atoms with E-state index in [1.54, 1.807) is 0 Å². The number of aryl methyl sites for hydroxylation is 2. The molecule has 0 amide bonds. The van der Waals surface area contributed by atoms with E-state index in [9.17, 15) is 0 Å². The van der Waals surface area contributed by atoms with Gasteiger partial charge >= 0.3 is 0 Å². The molecule has 0 fully saturated rings. The van der Waals surface area contributed by atoms with Crippen LogP contribution in [-0.4, -0.2) is 6.54 Å². The van der Waals surface area contributed by atoms with Crippen molar-refractivity contribution in [1.29, 1.82) is 0 Å². The van der Waals surface area contributed by atoms with Crippen LogP contribution in [0, 0.1) is 13.8 Å². The highest BCUT2D eigenvalue weighted by atomic mass is 35.5. The minimum absolute atomic E-state index is 0.202. The molecule has 0 saturated carbocycles. The third-order valence-corrected chi connectivity index (χ3v) is 3.76. The highest BCUT2D eigenvalue weighted by molar-refractivity contribution is 6.30. The molecule has 0 spiro atoms. The van der Waals surface area contributed by atoms with Gasteiger partial charge in [0.25, 0.3) is 0 Å². The molecule has 0 aliphatic heterocycles. The Morgan fingerprint density at radius 2 is 1.90 bits per heavy atom. The van der Waals surface area contributed by atoms with E-state index in [1.807, 2.05) is 6.07 Å². The van der Waals surface area contributed by atoms with E-state index in [0.29, 0.717) is 0 Å². The zero-order valence-electron chi connectivity index (χ0n) is 12.4. The average molecular weight is 288 g/mol. The molecule has 1 atom stereocenters. The molecule has 0 aliphatic carbocycles. The Balaban J connectivity index is 2.44. The lowest BCUT2D eigenvalue weighted by Gasteiger charge is -2.22. The summed E-state index contributed by atoms with van der Waals surface area (Å²) >= 11 is 6.19. The standard InChI is InChI=1S/C18H22ClN/c1-4-10-20-18(15-7-5-6-13(2)11-15)17-12-16(19)9-8-14(17)3/h5-9,11-12,18,20H,4,10H2,1-3H3. The average Bonchev–Trinajstić information content (AvgIpc) is 2.43. The molecule has 0 heterocycles. The molecule has 0 bridgehead atoms. The van der Waals surface area contributed by atoms with Crippen molar-refractivity contribution in [1.82, 2.24) is 5.32 Å². The van der Waals surface area contributed by atoms with Gasteiger partial charge in [-0.25, -0.2) is 0 Å². The molecule has 20 heavy (non-hydrogen) atoms. The van der Waals surface area contributed by atoms with E-state index in [1.165, 1.54) is 22.3 Å². The summed E-state index contributed by atoms with van der Waals surface area (Å²) in [6.45, 7) is 7.45. The van der Waals surface area contributed by atoms with E-state index >= 15 is 0 Å². The molecule has 0 saturated heterocycles. The smallest absolute Gasteiger partial charge is 0.0579 e. The second-order valence-electron chi connectivity index (χ2n) is 5.30. The van der Waals surface area contributed by atoms with Gasteiger partial charge in [0.05, 0.1) is 6.04 Å². The van der Waals surface area contributed by atoms with Gasteiger partial charge in [-0.2, -0.15) is 0 Å². The molecule has 106 valence electrons. The minimum atomic E-state index is 0.202. The third-order valence-electron chi connectivity index (χ3n) is 3.53. The molecular formula is C18H22ClN. The van der Waals surface area contributed by atoms with Crippen LogP contribution in [0.3, 0.4) is 0 Å². The van der Waals surface area contributed by atoms with Crippen LogP contribution >= 0.6 is 11.6 Å². The van der Waals surface area contributed by atoms with Crippen molar-refractivity contribution >= 4 is 11.6 Å². The summed E-state index contributed by atoms with van der Waals surface area (Å²) in [7, 11) is 0. The van der Waals surface area contributed by atoms with Crippen molar-refractivity contribution in [2.24, 2.45) is 0 Å². The Morgan fingerprint density at radius 1 is 1.10 bits per heavy atom. The lowest BCUT2D eigenvalue weighted by atomic mass is 9.94. The maximum atomic E-state index is 6.19. The SMILES string of the molecule is CCCNC(c1cccc(C)c1)c1cc(Cl)ccc1C. The van der Waals surface area contributed by atoms with Gasteiger partial charge in [0, 0.05) is 5.02 Å². The van der Waals surface area contributed by atoms with E-state index in [2.05, 4.69) is 62.5 Å². The molecule has 0 radical (unpaired) electrons. The predicted molar refractivity (Wildman–Crippen MR) is 87.5 cm³/mol. The molecule has 1 N–H and O–H groups in total. The maximum absolute atomic E-state index is 6.19. The van der Waals surface area contributed by atoms with Crippen LogP contribution in [0.4, 0.5) is 0 Å². The second-order valence-corrected chi connectivity index (χ2v) is 5.74. The van der Waals surface area contributed by atoms with Crippen molar-refractivity contribution in [2.75, 3.05) is 6.54 Å². The van der Waals surface area contributed by atoms with Crippen LogP contribution in [0.2, 0.25) is 5.02 Å². The van der Waals surface area contributed by atoms with E-state index in [0.717, 1.165) is 18.0 Å². The normalized spacial score (nSPS) is 12.4. The Bertz CT molecular complexity index is 577. The first-order valence-corrected chi connectivity index (χ1v) is 7.55. The first kappa shape index (κ1) is 15.1. The maximum Gasteiger partial charge on any atom is 0.0579 e. The van der Waals surface area contributed by atoms with Crippen LogP contribution in [-0.2, 0) is 0 Å². The lowest BCUT2D eigenvalue weighted by molar-refractivity contribution is 0.596. The quantitative estimate of drug-likeness (QED) is 0.812. The third kappa shape index (κ3) is 3.62. The number of rotatable bonds is 5. The highest BCUT2D eigenvalue weighted by Crippen LogP contribution is 2.28. The van der Waals surface area contributed by atoms with Crippen LogP contribution in [0.1, 0.15) is 41.6 Å². The Kier molecular flexibility index (Phi) is 5.22. The number of hydrogen-bond acceptors (Lipinski definition) is 1. The Labute approximate surface area is 127 Å². The molecule has 2 rings (SSSR count). The second kappa shape index (κ2) is 6.92. The molecule has 0 aliphatic rings. The zero-order chi connectivity index (χ0) is 14.5. The Morgan fingerprint density at radius 3 is 2.60 bits per heavy atom. The van der Waals surface area contributed by atoms with Crippen molar-refractivity contribution < 1.29 is 0 Å². The summed E-state index contributed by atoms with van der Waals surface area (Å²) in [5, 5.41) is 4.43. The summed E-state index contributed by atoms with van der Waals surface area (Å²) in [6, 6.07) is 15.0. The number of benzene rings is 2. The van der Waals surface area contributed by atoms with Crippen molar-refractivity contribution in [3.05, 3.63) is 69.7 Å². The van der Waals surface area contributed by atoms with Gasteiger partial charge < -0.3 is 5.32 Å². The molecular weight excluding hydrogens is 266 g/mol. The van der Waals surface area contributed by atoms with Gasteiger partial charge in [-0.3, -0.25) is 0 Å². The monoisotopic (exact) mass is 287 g/mol. The highest BCUT2D eigenvalue weighted by Gasteiger charge is 2.15. The fraction of sp³-hybridized carbons (Fsp3) is 0.333. The predicted octanol–water partition coefficient (Wildman–Crippen LogP) is 5.05. The molecule has 0 aromatic heterocycles. The molecule has 1 nitrogen and oxygen atoms in total. The van der Waals surface area contributed by atoms with Crippen LogP contribution in [0.5, 0.6) is 0 Å². The van der Waals surface area contributed by atoms with E-state index in [-0.39, 0.29) is 6.04 Å². The molecule has 2 heteroatoms. The van der Waals surface area contributed by atoms with Gasteiger partial charge in [-0.05, 0) is 55.6 Å². The van der Waals surface area contributed by atoms with Gasteiger partial charge in [0.2, 0.25) is 0 Å². The van der Waals surface area contributed by atoms with E-state index in [4.69, 9.17) is 11.6 Å². The minimum Gasteiger partial charge on any atom is -0.306 e. The molecule has 2 aromatic rings. The van der Waals surface area contributed by atoms with Crippen molar-refractivity contribution in [3.63, 3.8) is 0 Å². The first-order chi connectivity index (χ1) is 9.61. The summed E-state index contributed by atoms with van der Waals surface area (Å²) in [4.78, 5) is 0. The van der Waals surface area contributed by atoms with Crippen molar-refractivity contribution in [3.8, 4) is 0 Å². The summed E-state index contributed by atoms with van der Waals surface area (Å²) in [5.41, 5.74) is 5.11. The van der Waals surface area contributed by atoms with E-state index < -0.39 is 0 Å². The van der Waals surface area contributed by atoms with Gasteiger partial charge in [0.15, 0.2) is 0 Å². The van der Waals surface area contributed by atoms with Gasteiger partial charge in [0.1, 0.15) is 0 Å².